The van der Waals surface area contributed by atoms with E-state index in [4.69, 9.17) is 39.8 Å². The maximum atomic E-state index is 12.2. The molecule has 1 aromatic carbocycles. The molecule has 5 nitrogen and oxygen atoms in total. The van der Waals surface area contributed by atoms with Crippen molar-refractivity contribution in [3.63, 3.8) is 0 Å². The summed E-state index contributed by atoms with van der Waals surface area (Å²) >= 11 is 18.8. The number of hydrogen-bond donors (Lipinski definition) is 2. The van der Waals surface area contributed by atoms with Gasteiger partial charge in [0.25, 0.3) is 0 Å². The number of carbonyl (C=O) groups is 1. The normalized spacial score (nSPS) is 10.8. The number of nitriles is 1. The minimum absolute atomic E-state index is 0.105. The Morgan fingerprint density at radius 1 is 1.27 bits per heavy atom. The molecule has 0 fully saturated rings. The number of anilines is 1. The Hall–Kier alpha value is -2.63. The Balaban J connectivity index is 1.63. The van der Waals surface area contributed by atoms with Gasteiger partial charge in [0.05, 0.1) is 15.6 Å². The minimum Gasteiger partial charge on any atom is -0.457 e. The topological polar surface area (TPSA) is 78.1 Å². The van der Waals surface area contributed by atoms with Gasteiger partial charge in [0.15, 0.2) is 5.11 Å². The highest BCUT2D eigenvalue weighted by molar-refractivity contribution is 7.80. The van der Waals surface area contributed by atoms with Crippen LogP contribution in [-0.4, -0.2) is 11.0 Å². The van der Waals surface area contributed by atoms with Crippen LogP contribution < -0.4 is 10.6 Å². The van der Waals surface area contributed by atoms with Gasteiger partial charge in [-0.3, -0.25) is 10.1 Å². The van der Waals surface area contributed by atoms with Crippen molar-refractivity contribution in [2.24, 2.45) is 0 Å². The third kappa shape index (κ3) is 4.91. The van der Waals surface area contributed by atoms with Crippen molar-refractivity contribution < 1.29 is 9.21 Å². The fourth-order valence-corrected chi connectivity index (χ4v) is 4.25. The van der Waals surface area contributed by atoms with Gasteiger partial charge < -0.3 is 9.73 Å². The molecular weight excluding hydrogens is 461 g/mol. The number of furan rings is 1. The maximum Gasteiger partial charge on any atom is 0.250 e. The molecule has 0 aliphatic heterocycles. The van der Waals surface area contributed by atoms with Crippen LogP contribution in [0.5, 0.6) is 0 Å². The number of thiophene rings is 1. The van der Waals surface area contributed by atoms with Crippen molar-refractivity contribution in [3.8, 4) is 17.4 Å². The van der Waals surface area contributed by atoms with Crippen LogP contribution in [-0.2, 0) is 4.79 Å². The van der Waals surface area contributed by atoms with Gasteiger partial charge in [0, 0.05) is 16.5 Å². The average molecular weight is 476 g/mol. The van der Waals surface area contributed by atoms with Crippen LogP contribution in [0.25, 0.3) is 17.4 Å². The van der Waals surface area contributed by atoms with E-state index in [0.717, 1.165) is 10.4 Å². The lowest BCUT2D eigenvalue weighted by atomic mass is 10.2. The fraction of sp³-hybridized carbons (Fsp3) is 0.0952. The number of benzene rings is 1. The van der Waals surface area contributed by atoms with Crippen molar-refractivity contribution >= 4 is 68.9 Å². The summed E-state index contributed by atoms with van der Waals surface area (Å²) in [5.74, 6) is 0.563. The Bertz CT molecular complexity index is 1210. The number of hydrogen-bond acceptors (Lipinski definition) is 5. The van der Waals surface area contributed by atoms with Crippen LogP contribution in [0.2, 0.25) is 10.0 Å². The molecule has 152 valence electrons. The zero-order valence-corrected chi connectivity index (χ0v) is 19.0. The summed E-state index contributed by atoms with van der Waals surface area (Å²) in [7, 11) is 0. The molecule has 0 aliphatic carbocycles. The Morgan fingerprint density at radius 3 is 2.77 bits per heavy atom. The number of aryl methyl sites for hydroxylation is 1. The van der Waals surface area contributed by atoms with Crippen LogP contribution >= 0.6 is 46.8 Å². The molecule has 0 saturated carbocycles. The third-order valence-electron chi connectivity index (χ3n) is 4.20. The van der Waals surface area contributed by atoms with Gasteiger partial charge in [-0.2, -0.15) is 5.26 Å². The standard InChI is InChI=1S/C21H15Cl2N3O2S2/c1-11-12(2)30-20(15(11)10-24)26-21(29)25-18(27)9-7-13-6-8-17(28-13)14-4-3-5-16(22)19(14)23/h3-9H,1-2H3,(H2,25,26,27,29). The summed E-state index contributed by atoms with van der Waals surface area (Å²) in [5.41, 5.74) is 2.08. The maximum absolute atomic E-state index is 12.2. The fourth-order valence-electron chi connectivity index (χ4n) is 2.58. The lowest BCUT2D eigenvalue weighted by molar-refractivity contribution is -0.115. The molecule has 0 saturated heterocycles. The number of nitrogens with one attached hydrogen (secondary N) is 2. The van der Waals surface area contributed by atoms with Gasteiger partial charge in [-0.05, 0) is 62.0 Å². The molecule has 2 heterocycles. The number of rotatable bonds is 4. The number of thiocarbonyl (C=S) groups is 1. The predicted octanol–water partition coefficient (Wildman–Crippen LogP) is 6.33. The quantitative estimate of drug-likeness (QED) is 0.340. The number of halogens is 2. The number of nitrogens with zero attached hydrogens (tertiary/aromatic N) is 1. The van der Waals surface area contributed by atoms with E-state index in [-0.39, 0.29) is 5.11 Å². The van der Waals surface area contributed by atoms with Gasteiger partial charge in [-0.25, -0.2) is 0 Å². The summed E-state index contributed by atoms with van der Waals surface area (Å²) in [6.07, 6.45) is 2.81. The molecule has 3 aromatic rings. The molecule has 1 amide bonds. The highest BCUT2D eigenvalue weighted by Crippen LogP contribution is 2.34. The Kier molecular flexibility index (Phi) is 6.95. The zero-order valence-electron chi connectivity index (χ0n) is 15.9. The molecule has 0 atom stereocenters. The molecule has 0 aliphatic rings. The molecule has 30 heavy (non-hydrogen) atoms. The molecular formula is C21H15Cl2N3O2S2. The van der Waals surface area contributed by atoms with E-state index >= 15 is 0 Å². The monoisotopic (exact) mass is 475 g/mol. The van der Waals surface area contributed by atoms with Gasteiger partial charge >= 0.3 is 0 Å². The number of amides is 1. The van der Waals surface area contributed by atoms with Crippen molar-refractivity contribution in [1.29, 1.82) is 5.26 Å². The molecule has 2 aromatic heterocycles. The second kappa shape index (κ2) is 9.45. The summed E-state index contributed by atoms with van der Waals surface area (Å²) in [4.78, 5) is 13.2. The average Bonchev–Trinajstić information content (AvgIpc) is 3.27. The molecule has 3 rings (SSSR count). The van der Waals surface area contributed by atoms with Crippen LogP contribution in [0.3, 0.4) is 0 Å². The lowest BCUT2D eigenvalue weighted by Gasteiger charge is -2.06. The van der Waals surface area contributed by atoms with Crippen LogP contribution in [0.4, 0.5) is 5.00 Å². The lowest BCUT2D eigenvalue weighted by Crippen LogP contribution is -2.32. The van der Waals surface area contributed by atoms with Gasteiger partial charge in [0.2, 0.25) is 5.91 Å². The van der Waals surface area contributed by atoms with Crippen molar-refractivity contribution in [2.75, 3.05) is 5.32 Å². The van der Waals surface area contributed by atoms with E-state index in [2.05, 4.69) is 16.7 Å². The van der Waals surface area contributed by atoms with Crippen LogP contribution in [0, 0.1) is 25.2 Å². The molecule has 0 unspecified atom stereocenters. The summed E-state index contributed by atoms with van der Waals surface area (Å²) in [5, 5.41) is 16.3. The molecule has 0 bridgehead atoms. The zero-order chi connectivity index (χ0) is 21.8. The van der Waals surface area contributed by atoms with E-state index in [1.54, 1.807) is 30.3 Å². The first-order valence-electron chi connectivity index (χ1n) is 8.64. The second-order valence-corrected chi connectivity index (χ2v) is 8.60. The van der Waals surface area contributed by atoms with E-state index in [9.17, 15) is 10.1 Å². The highest BCUT2D eigenvalue weighted by atomic mass is 35.5. The van der Waals surface area contributed by atoms with E-state index in [1.807, 2.05) is 13.8 Å². The minimum atomic E-state index is -0.435. The van der Waals surface area contributed by atoms with Gasteiger partial charge in [0.1, 0.15) is 22.6 Å². The van der Waals surface area contributed by atoms with Crippen LogP contribution in [0.15, 0.2) is 40.8 Å². The smallest absolute Gasteiger partial charge is 0.250 e. The third-order valence-corrected chi connectivity index (χ3v) is 6.35. The second-order valence-electron chi connectivity index (χ2n) is 6.18. The largest absolute Gasteiger partial charge is 0.457 e. The first-order chi connectivity index (χ1) is 14.3. The van der Waals surface area contributed by atoms with Crippen molar-refractivity contribution in [3.05, 3.63) is 68.2 Å². The van der Waals surface area contributed by atoms with Gasteiger partial charge in [-0.1, -0.05) is 29.3 Å². The first-order valence-corrected chi connectivity index (χ1v) is 10.6. The summed E-state index contributed by atoms with van der Waals surface area (Å²) in [6, 6.07) is 10.9. The van der Waals surface area contributed by atoms with E-state index < -0.39 is 5.91 Å². The first kappa shape index (κ1) is 22.1. The summed E-state index contributed by atoms with van der Waals surface area (Å²) in [6.45, 7) is 3.79. The predicted molar refractivity (Wildman–Crippen MR) is 126 cm³/mol. The SMILES string of the molecule is Cc1sc(NC(=S)NC(=O)C=Cc2ccc(-c3cccc(Cl)c3Cl)o2)c(C#N)c1C. The molecule has 9 heteroatoms. The van der Waals surface area contributed by atoms with E-state index in [0.29, 0.717) is 37.7 Å². The van der Waals surface area contributed by atoms with Crippen LogP contribution in [0.1, 0.15) is 21.8 Å². The summed E-state index contributed by atoms with van der Waals surface area (Å²) < 4.78 is 5.71. The Morgan fingerprint density at radius 2 is 2.03 bits per heavy atom. The van der Waals surface area contributed by atoms with Gasteiger partial charge in [-0.15, -0.1) is 11.3 Å². The molecule has 2 N–H and O–H groups in total. The Labute approximate surface area is 192 Å². The van der Waals surface area contributed by atoms with Crippen molar-refractivity contribution in [1.82, 2.24) is 5.32 Å². The molecule has 0 spiro atoms. The highest BCUT2D eigenvalue weighted by Gasteiger charge is 2.14. The number of carbonyl (C=O) groups excluding carboxylic acids is 1. The van der Waals surface area contributed by atoms with Crippen molar-refractivity contribution in [2.45, 2.75) is 13.8 Å². The van der Waals surface area contributed by atoms with E-state index in [1.165, 1.54) is 23.5 Å². The molecule has 0 radical (unpaired) electrons.